The number of pyridine rings is 1. The predicted octanol–water partition coefficient (Wildman–Crippen LogP) is 5.98. The van der Waals surface area contributed by atoms with Gasteiger partial charge in [-0.15, -0.1) is 0 Å². The second kappa shape index (κ2) is 13.5. The van der Waals surface area contributed by atoms with Crippen LogP contribution in [0.4, 0.5) is 30.7 Å². The van der Waals surface area contributed by atoms with Crippen molar-refractivity contribution in [2.75, 3.05) is 19.5 Å². The lowest BCUT2D eigenvalue weighted by atomic mass is 9.86. The number of carbonyl (C=O) groups is 1. The molecule has 2 aromatic carbocycles. The molecule has 0 spiro atoms. The number of rotatable bonds is 10. The summed E-state index contributed by atoms with van der Waals surface area (Å²) in [5.74, 6) is -4.67. The molecule has 10 nitrogen and oxygen atoms in total. The SMILES string of the molecule is Cn1nc(CS(C)(=O)=O)c2cccc(-c3ccc(C#CC4(O)COC4)nc3[C@@H](CC(=O)Cn3nc(C(F)(F)F)c4c3C(F)(F)[C@@H]3C[C@H]43)Cc3cc(F)cc(F)c3)c21. The number of hydrogen-bond acceptors (Lipinski definition) is 8. The van der Waals surface area contributed by atoms with Gasteiger partial charge in [0, 0.05) is 59.7 Å². The van der Waals surface area contributed by atoms with Crippen LogP contribution < -0.4 is 0 Å². The van der Waals surface area contributed by atoms with E-state index in [0.717, 1.165) is 18.4 Å². The van der Waals surface area contributed by atoms with Gasteiger partial charge in [-0.3, -0.25) is 14.2 Å². The molecule has 2 aliphatic carbocycles. The van der Waals surface area contributed by atoms with E-state index in [9.17, 15) is 40.3 Å². The second-order valence-electron chi connectivity index (χ2n) is 15.0. The molecule has 3 aromatic heterocycles. The molecule has 3 aliphatic rings. The summed E-state index contributed by atoms with van der Waals surface area (Å²) in [7, 11) is -1.93. The smallest absolute Gasteiger partial charge is 0.373 e. The van der Waals surface area contributed by atoms with Crippen molar-refractivity contribution in [1.82, 2.24) is 24.5 Å². The number of alkyl halides is 5. The standard InChI is InChI=1S/C39H32F7N5O5S/c1-50-34-27(4-3-5-28(34)31(48-50)17-57(2,54)55)26-7-6-24(8-9-37(53)18-56-19-37)47-33(26)21(10-20-11-22(40)14-23(41)12-20)13-25(52)16-51-36-32(35(49-51)39(44,45)46)29-15-30(29)38(36,42)43/h3-7,11-12,14,21,29-30,53H,10,13,15-19H2,1-2H3/t21-,29+,30-/m1/s1. The summed E-state index contributed by atoms with van der Waals surface area (Å²) in [5, 5.41) is 19.0. The van der Waals surface area contributed by atoms with Gasteiger partial charge >= 0.3 is 6.18 Å². The summed E-state index contributed by atoms with van der Waals surface area (Å²) in [5.41, 5.74) is -2.63. The van der Waals surface area contributed by atoms with Gasteiger partial charge in [-0.1, -0.05) is 24.1 Å². The quantitative estimate of drug-likeness (QED) is 0.135. The Hall–Kier alpha value is -5.12. The number of para-hydroxylation sites is 1. The fourth-order valence-corrected chi connectivity index (χ4v) is 8.70. The molecule has 18 heteroatoms. The predicted molar refractivity (Wildman–Crippen MR) is 190 cm³/mol. The van der Waals surface area contributed by atoms with Crippen LogP contribution in [0.5, 0.6) is 0 Å². The molecule has 0 bridgehead atoms. The van der Waals surface area contributed by atoms with Crippen molar-refractivity contribution < 1.29 is 53.8 Å². The Kier molecular flexibility index (Phi) is 9.17. The molecule has 2 fully saturated rings. The van der Waals surface area contributed by atoms with Crippen molar-refractivity contribution in [3.63, 3.8) is 0 Å². The Morgan fingerprint density at radius 2 is 1.79 bits per heavy atom. The first-order valence-electron chi connectivity index (χ1n) is 17.7. The third-order valence-electron chi connectivity index (χ3n) is 10.5. The molecule has 0 radical (unpaired) electrons. The van der Waals surface area contributed by atoms with Gasteiger partial charge in [-0.2, -0.15) is 32.1 Å². The fraction of sp³-hybridized carbons (Fsp3) is 0.385. The first-order valence-corrected chi connectivity index (χ1v) is 19.8. The summed E-state index contributed by atoms with van der Waals surface area (Å²) < 4.78 is 134. The van der Waals surface area contributed by atoms with Gasteiger partial charge in [0.25, 0.3) is 5.92 Å². The van der Waals surface area contributed by atoms with Gasteiger partial charge in [-0.25, -0.2) is 22.2 Å². The number of Topliss-reactive ketones (excluding diaryl/α,β-unsaturated/α-hetero) is 1. The first kappa shape index (κ1) is 38.7. The van der Waals surface area contributed by atoms with Crippen LogP contribution in [0.1, 0.15) is 64.3 Å². The van der Waals surface area contributed by atoms with E-state index in [1.165, 1.54) is 10.7 Å². The Morgan fingerprint density at radius 1 is 1.07 bits per heavy atom. The molecule has 1 N–H and O–H groups in total. The molecule has 57 heavy (non-hydrogen) atoms. The molecular formula is C39H32F7N5O5S. The molecule has 8 rings (SSSR count). The number of ether oxygens (including phenoxy) is 1. The van der Waals surface area contributed by atoms with E-state index in [1.54, 1.807) is 31.3 Å². The molecule has 3 atom stereocenters. The number of carbonyl (C=O) groups excluding carboxylic acids is 1. The minimum atomic E-state index is -5.05. The fourth-order valence-electron chi connectivity index (χ4n) is 7.99. The summed E-state index contributed by atoms with van der Waals surface area (Å²) in [6.07, 6.45) is -4.95. The van der Waals surface area contributed by atoms with E-state index >= 15 is 8.78 Å². The second-order valence-corrected chi connectivity index (χ2v) is 17.1. The van der Waals surface area contributed by atoms with Gasteiger partial charge < -0.3 is 9.84 Å². The number of hydrogen-bond donors (Lipinski definition) is 1. The Labute approximate surface area is 320 Å². The van der Waals surface area contributed by atoms with E-state index in [4.69, 9.17) is 9.72 Å². The summed E-state index contributed by atoms with van der Waals surface area (Å²) >= 11 is 0. The molecular weight excluding hydrogens is 784 g/mol. The van der Waals surface area contributed by atoms with Crippen molar-refractivity contribution in [3.05, 3.63) is 99.8 Å². The lowest BCUT2D eigenvalue weighted by Gasteiger charge is -2.30. The number of sulfone groups is 1. The molecule has 5 aromatic rings. The highest BCUT2D eigenvalue weighted by molar-refractivity contribution is 7.89. The first-order chi connectivity index (χ1) is 26.7. The lowest BCUT2D eigenvalue weighted by Crippen LogP contribution is -2.48. The third-order valence-corrected chi connectivity index (χ3v) is 11.2. The molecule has 1 aliphatic heterocycles. The van der Waals surface area contributed by atoms with Gasteiger partial charge in [0.15, 0.2) is 26.9 Å². The van der Waals surface area contributed by atoms with Crippen molar-refractivity contribution in [3.8, 4) is 23.0 Å². The Morgan fingerprint density at radius 3 is 2.44 bits per heavy atom. The highest BCUT2D eigenvalue weighted by atomic mass is 32.2. The zero-order valence-electron chi connectivity index (χ0n) is 30.2. The minimum absolute atomic E-state index is 0.0563. The number of aromatic nitrogens is 5. The van der Waals surface area contributed by atoms with Crippen LogP contribution in [0.25, 0.3) is 22.0 Å². The number of benzene rings is 2. The highest BCUT2D eigenvalue weighted by Crippen LogP contribution is 2.68. The van der Waals surface area contributed by atoms with Crippen LogP contribution in [0.3, 0.4) is 0 Å². The molecule has 1 saturated carbocycles. The number of halogens is 7. The van der Waals surface area contributed by atoms with Crippen molar-refractivity contribution in [1.29, 1.82) is 0 Å². The van der Waals surface area contributed by atoms with E-state index in [-0.39, 0.29) is 54.5 Å². The average Bonchev–Trinajstić information content (AvgIpc) is 3.64. The largest absolute Gasteiger partial charge is 0.435 e. The summed E-state index contributed by atoms with van der Waals surface area (Å²) in [4.78, 5) is 18.8. The number of fused-ring (bicyclic) bond motifs is 4. The zero-order valence-corrected chi connectivity index (χ0v) is 31.0. The van der Waals surface area contributed by atoms with E-state index in [1.807, 2.05) is 0 Å². The van der Waals surface area contributed by atoms with Gasteiger partial charge in [-0.05, 0) is 54.5 Å². The van der Waals surface area contributed by atoms with Crippen LogP contribution >= 0.6 is 0 Å². The topological polar surface area (TPSA) is 129 Å². The van der Waals surface area contributed by atoms with Gasteiger partial charge in [0.2, 0.25) is 0 Å². The van der Waals surface area contributed by atoms with Gasteiger partial charge in [0.1, 0.15) is 29.6 Å². The van der Waals surface area contributed by atoms with Crippen LogP contribution in [-0.4, -0.2) is 68.9 Å². The maximum Gasteiger partial charge on any atom is 0.435 e. The molecule has 0 unspecified atom stereocenters. The Balaban J connectivity index is 1.26. The summed E-state index contributed by atoms with van der Waals surface area (Å²) in [6.45, 7) is -1.08. The molecule has 298 valence electrons. The molecule has 1 saturated heterocycles. The van der Waals surface area contributed by atoms with Crippen LogP contribution in [0.15, 0.2) is 48.5 Å². The number of aryl methyl sites for hydroxylation is 1. The zero-order chi connectivity index (χ0) is 40.8. The normalized spacial score (nSPS) is 19.7. The van der Waals surface area contributed by atoms with E-state index in [0.29, 0.717) is 32.8 Å². The maximum absolute atomic E-state index is 15.4. The van der Waals surface area contributed by atoms with Crippen molar-refractivity contribution in [2.24, 2.45) is 13.0 Å². The van der Waals surface area contributed by atoms with E-state index in [2.05, 4.69) is 22.0 Å². The average molecular weight is 816 g/mol. The van der Waals surface area contributed by atoms with Crippen LogP contribution in [0, 0.1) is 29.4 Å². The van der Waals surface area contributed by atoms with Crippen molar-refractivity contribution >= 4 is 26.5 Å². The maximum atomic E-state index is 15.4. The Bertz CT molecular complexity index is 2640. The lowest BCUT2D eigenvalue weighted by molar-refractivity contribution is -0.142. The number of nitrogens with zero attached hydrogens (tertiary/aromatic N) is 5. The number of aliphatic hydroxyl groups is 1. The molecule has 4 heterocycles. The third kappa shape index (κ3) is 7.32. The van der Waals surface area contributed by atoms with Gasteiger partial charge in [0.05, 0.1) is 35.9 Å². The monoisotopic (exact) mass is 815 g/mol. The van der Waals surface area contributed by atoms with Crippen LogP contribution in [-0.2, 0) is 57.2 Å². The van der Waals surface area contributed by atoms with E-state index < -0.39 is 92.6 Å². The number of ketones is 1. The summed E-state index contributed by atoms with van der Waals surface area (Å²) in [6, 6.07) is 10.9. The highest BCUT2D eigenvalue weighted by Gasteiger charge is 2.68. The van der Waals surface area contributed by atoms with Crippen LogP contribution in [0.2, 0.25) is 0 Å². The van der Waals surface area contributed by atoms with Crippen molar-refractivity contribution in [2.45, 2.75) is 61.1 Å². The molecule has 0 amide bonds. The minimum Gasteiger partial charge on any atom is -0.373 e.